The molecule has 0 aliphatic carbocycles. The molecule has 5 nitrogen and oxygen atoms in total. The third-order valence-electron chi connectivity index (χ3n) is 3.27. The van der Waals surface area contributed by atoms with E-state index in [9.17, 15) is 13.2 Å². The summed E-state index contributed by atoms with van der Waals surface area (Å²) < 4.78 is 22.8. The number of sulfonamides is 1. The number of nitrogens with two attached hydrogens (primary N) is 1. The summed E-state index contributed by atoms with van der Waals surface area (Å²) in [5.41, 5.74) is -0.177. The van der Waals surface area contributed by atoms with Crippen LogP contribution in [-0.4, -0.2) is 20.9 Å². The minimum absolute atomic E-state index is 0.0687. The Kier molecular flexibility index (Phi) is 5.66. The fourth-order valence-electron chi connectivity index (χ4n) is 1.49. The number of amides is 1. The molecule has 0 fully saturated rings. The van der Waals surface area contributed by atoms with Crippen molar-refractivity contribution in [2.24, 2.45) is 10.6 Å². The molecule has 118 valence electrons. The lowest BCUT2D eigenvalue weighted by Crippen LogP contribution is -2.34. The first-order chi connectivity index (χ1) is 9.49. The number of hydrogen-bond donors (Lipinski definition) is 2. The zero-order valence-electron chi connectivity index (χ0n) is 12.0. The average molecular weight is 353 g/mol. The van der Waals surface area contributed by atoms with Crippen LogP contribution in [0.2, 0.25) is 10.0 Å². The Balaban J connectivity index is 3.16. The second-order valence-corrected chi connectivity index (χ2v) is 7.79. The predicted molar refractivity (Wildman–Crippen MR) is 84.2 cm³/mol. The van der Waals surface area contributed by atoms with Crippen LogP contribution < -0.4 is 10.5 Å². The number of carbonyl (C=O) groups is 1. The van der Waals surface area contributed by atoms with Gasteiger partial charge < -0.3 is 5.32 Å². The van der Waals surface area contributed by atoms with Crippen LogP contribution in [0.25, 0.3) is 0 Å². The molecule has 0 spiro atoms. The van der Waals surface area contributed by atoms with Crippen molar-refractivity contribution in [3.63, 3.8) is 0 Å². The van der Waals surface area contributed by atoms with Crippen LogP contribution in [0.15, 0.2) is 17.0 Å². The lowest BCUT2D eigenvalue weighted by Gasteiger charge is -2.23. The summed E-state index contributed by atoms with van der Waals surface area (Å²) >= 11 is 11.9. The van der Waals surface area contributed by atoms with Crippen molar-refractivity contribution in [3.05, 3.63) is 27.7 Å². The fourth-order valence-corrected chi connectivity index (χ4v) is 2.97. The Labute approximate surface area is 134 Å². The molecule has 1 amide bonds. The molecule has 0 atom stereocenters. The van der Waals surface area contributed by atoms with Gasteiger partial charge in [-0.25, -0.2) is 13.6 Å². The highest BCUT2D eigenvalue weighted by atomic mass is 35.5. The van der Waals surface area contributed by atoms with Crippen molar-refractivity contribution in [2.75, 3.05) is 6.54 Å². The molecular weight excluding hydrogens is 335 g/mol. The predicted octanol–water partition coefficient (Wildman–Crippen LogP) is 2.81. The SMILES string of the molecule is CCC(C)(C)CNC(=O)c1c(Cl)ccc(S(N)(=O)=O)c1Cl. The van der Waals surface area contributed by atoms with E-state index in [0.29, 0.717) is 6.54 Å². The molecule has 1 rings (SSSR count). The van der Waals surface area contributed by atoms with E-state index in [4.69, 9.17) is 28.3 Å². The molecule has 0 unspecified atom stereocenters. The third-order valence-corrected chi connectivity index (χ3v) is 5.05. The number of benzene rings is 1. The summed E-state index contributed by atoms with van der Waals surface area (Å²) in [6.45, 7) is 6.41. The van der Waals surface area contributed by atoms with Crippen LogP contribution >= 0.6 is 23.2 Å². The second-order valence-electron chi connectivity index (χ2n) is 5.48. The summed E-state index contributed by atoms with van der Waals surface area (Å²) in [6, 6.07) is 2.46. The molecule has 1 aromatic rings. The van der Waals surface area contributed by atoms with Crippen molar-refractivity contribution >= 4 is 39.1 Å². The highest BCUT2D eigenvalue weighted by Crippen LogP contribution is 2.30. The monoisotopic (exact) mass is 352 g/mol. The first-order valence-electron chi connectivity index (χ1n) is 6.28. The fraction of sp³-hybridized carbons (Fsp3) is 0.462. The van der Waals surface area contributed by atoms with Crippen LogP contribution in [0.5, 0.6) is 0 Å². The second kappa shape index (κ2) is 6.52. The molecule has 21 heavy (non-hydrogen) atoms. The molecule has 0 aliphatic rings. The van der Waals surface area contributed by atoms with Gasteiger partial charge in [-0.3, -0.25) is 4.79 Å². The highest BCUT2D eigenvalue weighted by Gasteiger charge is 2.24. The van der Waals surface area contributed by atoms with Crippen LogP contribution in [0.3, 0.4) is 0 Å². The van der Waals surface area contributed by atoms with Crippen LogP contribution in [0.4, 0.5) is 0 Å². The van der Waals surface area contributed by atoms with Crippen molar-refractivity contribution in [1.29, 1.82) is 0 Å². The summed E-state index contributed by atoms with van der Waals surface area (Å²) in [7, 11) is -4.02. The van der Waals surface area contributed by atoms with Gasteiger partial charge in [0.2, 0.25) is 10.0 Å². The maximum atomic E-state index is 12.2. The Morgan fingerprint density at radius 3 is 2.38 bits per heavy atom. The molecule has 0 bridgehead atoms. The number of carbonyl (C=O) groups excluding carboxylic acids is 1. The van der Waals surface area contributed by atoms with Crippen molar-refractivity contribution < 1.29 is 13.2 Å². The summed E-state index contributed by atoms with van der Waals surface area (Å²) in [4.78, 5) is 11.9. The molecule has 0 saturated carbocycles. The molecule has 8 heteroatoms. The van der Waals surface area contributed by atoms with Gasteiger partial charge in [0.05, 0.1) is 15.6 Å². The van der Waals surface area contributed by atoms with E-state index in [2.05, 4.69) is 5.32 Å². The zero-order valence-corrected chi connectivity index (χ0v) is 14.4. The number of nitrogens with one attached hydrogen (secondary N) is 1. The van der Waals surface area contributed by atoms with E-state index in [1.807, 2.05) is 20.8 Å². The highest BCUT2D eigenvalue weighted by molar-refractivity contribution is 7.89. The standard InChI is InChI=1S/C13H18Cl2N2O3S/c1-4-13(2,3)7-17-12(18)10-8(14)5-6-9(11(10)15)21(16,19)20/h5-6H,4,7H2,1-3H3,(H,17,18)(H2,16,19,20). The van der Waals surface area contributed by atoms with Crippen LogP contribution in [0, 0.1) is 5.41 Å². The maximum Gasteiger partial charge on any atom is 0.254 e. The molecule has 1 aromatic carbocycles. The smallest absolute Gasteiger partial charge is 0.254 e. The third kappa shape index (κ3) is 4.57. The van der Waals surface area contributed by atoms with Gasteiger partial charge >= 0.3 is 0 Å². The molecule has 0 heterocycles. The van der Waals surface area contributed by atoms with Gasteiger partial charge in [-0.05, 0) is 24.0 Å². The molecular formula is C13H18Cl2N2O3S. The van der Waals surface area contributed by atoms with Gasteiger partial charge in [-0.15, -0.1) is 0 Å². The van der Waals surface area contributed by atoms with Crippen molar-refractivity contribution in [3.8, 4) is 0 Å². The number of primary sulfonamides is 1. The van der Waals surface area contributed by atoms with Gasteiger partial charge in [-0.2, -0.15) is 0 Å². The van der Waals surface area contributed by atoms with Gasteiger partial charge in [0.15, 0.2) is 0 Å². The molecule has 3 N–H and O–H groups in total. The van der Waals surface area contributed by atoms with Crippen molar-refractivity contribution in [2.45, 2.75) is 32.1 Å². The largest absolute Gasteiger partial charge is 0.351 e. The average Bonchev–Trinajstić information content (AvgIpc) is 2.35. The van der Waals surface area contributed by atoms with Gasteiger partial charge in [0, 0.05) is 6.54 Å². The maximum absolute atomic E-state index is 12.2. The minimum Gasteiger partial charge on any atom is -0.351 e. The Hall–Kier alpha value is -0.820. The number of rotatable bonds is 5. The van der Waals surface area contributed by atoms with Gasteiger partial charge in [0.1, 0.15) is 4.90 Å². The molecule has 0 radical (unpaired) electrons. The quantitative estimate of drug-likeness (QED) is 0.853. The summed E-state index contributed by atoms with van der Waals surface area (Å²) in [5.74, 6) is -0.531. The normalized spacial score (nSPS) is 12.3. The number of halogens is 2. The van der Waals surface area contributed by atoms with Gasteiger partial charge in [0.25, 0.3) is 5.91 Å². The van der Waals surface area contributed by atoms with Crippen LogP contribution in [-0.2, 0) is 10.0 Å². The lowest BCUT2D eigenvalue weighted by atomic mass is 9.90. The van der Waals surface area contributed by atoms with E-state index in [1.54, 1.807) is 0 Å². The van der Waals surface area contributed by atoms with Crippen LogP contribution in [0.1, 0.15) is 37.6 Å². The Morgan fingerprint density at radius 1 is 1.33 bits per heavy atom. The zero-order chi connectivity index (χ0) is 16.4. The van der Waals surface area contributed by atoms with Crippen molar-refractivity contribution in [1.82, 2.24) is 5.32 Å². The van der Waals surface area contributed by atoms with Gasteiger partial charge in [-0.1, -0.05) is 44.0 Å². The van der Waals surface area contributed by atoms with E-state index in [1.165, 1.54) is 12.1 Å². The first-order valence-corrected chi connectivity index (χ1v) is 8.59. The first kappa shape index (κ1) is 18.2. The Morgan fingerprint density at radius 2 is 1.90 bits per heavy atom. The van der Waals surface area contributed by atoms with E-state index >= 15 is 0 Å². The molecule has 0 aliphatic heterocycles. The minimum atomic E-state index is -4.02. The summed E-state index contributed by atoms with van der Waals surface area (Å²) in [5, 5.41) is 7.56. The number of hydrogen-bond acceptors (Lipinski definition) is 3. The Bertz CT molecular complexity index is 658. The molecule has 0 aromatic heterocycles. The van der Waals surface area contributed by atoms with E-state index in [-0.39, 0.29) is 25.9 Å². The van der Waals surface area contributed by atoms with E-state index < -0.39 is 15.9 Å². The topological polar surface area (TPSA) is 89.3 Å². The molecule has 0 saturated heterocycles. The van der Waals surface area contributed by atoms with E-state index in [0.717, 1.165) is 6.42 Å². The summed E-state index contributed by atoms with van der Waals surface area (Å²) in [6.07, 6.45) is 0.867. The lowest BCUT2D eigenvalue weighted by molar-refractivity contribution is 0.0936.